The summed E-state index contributed by atoms with van der Waals surface area (Å²) in [7, 11) is 0. The SMILES string of the molecule is O=C(NN1C(=O)[C@@H]2[C@@H](C1=O)[C@H]1C=C[C@H]2C1)c1ccc(Cl)cc1. The normalized spacial score (nSPS) is 31.8. The van der Waals surface area contributed by atoms with E-state index in [0.717, 1.165) is 11.4 Å². The topological polar surface area (TPSA) is 66.5 Å². The number of hydrogen-bond donors (Lipinski definition) is 1. The second-order valence-electron chi connectivity index (χ2n) is 5.96. The van der Waals surface area contributed by atoms with E-state index in [2.05, 4.69) is 5.43 Å². The van der Waals surface area contributed by atoms with Crippen molar-refractivity contribution < 1.29 is 14.4 Å². The molecule has 2 bridgehead atoms. The number of carbonyl (C=O) groups is 3. The molecule has 0 radical (unpaired) electrons. The minimum Gasteiger partial charge on any atom is -0.272 e. The Balaban J connectivity index is 1.54. The van der Waals surface area contributed by atoms with Gasteiger partial charge in [-0.2, -0.15) is 5.01 Å². The molecule has 3 aliphatic rings. The van der Waals surface area contributed by atoms with Crippen molar-refractivity contribution in [2.24, 2.45) is 23.7 Å². The van der Waals surface area contributed by atoms with Crippen molar-refractivity contribution in [3.63, 3.8) is 0 Å². The first-order chi connectivity index (χ1) is 10.6. The molecule has 6 heteroatoms. The number of nitrogens with one attached hydrogen (secondary N) is 1. The maximum atomic E-state index is 12.4. The van der Waals surface area contributed by atoms with Crippen molar-refractivity contribution in [3.05, 3.63) is 47.0 Å². The van der Waals surface area contributed by atoms with Gasteiger partial charge in [0.25, 0.3) is 17.7 Å². The van der Waals surface area contributed by atoms with Gasteiger partial charge in [-0.3, -0.25) is 19.8 Å². The lowest BCUT2D eigenvalue weighted by molar-refractivity contribution is -0.143. The Morgan fingerprint density at radius 2 is 1.59 bits per heavy atom. The molecule has 4 atom stereocenters. The van der Waals surface area contributed by atoms with E-state index in [9.17, 15) is 14.4 Å². The predicted octanol–water partition coefficient (Wildman–Crippen LogP) is 1.79. The highest BCUT2D eigenvalue weighted by molar-refractivity contribution is 6.30. The van der Waals surface area contributed by atoms with E-state index in [1.54, 1.807) is 24.3 Å². The van der Waals surface area contributed by atoms with Gasteiger partial charge in [0.1, 0.15) is 0 Å². The molecule has 1 saturated heterocycles. The average Bonchev–Trinajstić information content (AvgIpc) is 3.17. The maximum absolute atomic E-state index is 12.4. The second-order valence-corrected chi connectivity index (χ2v) is 6.40. The summed E-state index contributed by atoms with van der Waals surface area (Å²) in [5, 5.41) is 1.42. The van der Waals surface area contributed by atoms with E-state index >= 15 is 0 Å². The highest BCUT2D eigenvalue weighted by atomic mass is 35.5. The van der Waals surface area contributed by atoms with Crippen LogP contribution in [0.15, 0.2) is 36.4 Å². The predicted molar refractivity (Wildman–Crippen MR) is 78.5 cm³/mol. The molecule has 22 heavy (non-hydrogen) atoms. The minimum absolute atomic E-state index is 0.129. The van der Waals surface area contributed by atoms with Gasteiger partial charge in [0, 0.05) is 10.6 Å². The van der Waals surface area contributed by atoms with Gasteiger partial charge >= 0.3 is 0 Å². The Kier molecular flexibility index (Phi) is 2.87. The number of hydrazine groups is 1. The van der Waals surface area contributed by atoms with Crippen LogP contribution in [-0.4, -0.2) is 22.7 Å². The van der Waals surface area contributed by atoms with Crippen LogP contribution < -0.4 is 5.43 Å². The number of benzene rings is 1. The molecule has 2 aliphatic carbocycles. The molecule has 1 heterocycles. The smallest absolute Gasteiger partial charge is 0.270 e. The van der Waals surface area contributed by atoms with Crippen LogP contribution in [0.25, 0.3) is 0 Å². The van der Waals surface area contributed by atoms with Crippen molar-refractivity contribution in [1.29, 1.82) is 0 Å². The van der Waals surface area contributed by atoms with Crippen LogP contribution in [0.2, 0.25) is 5.02 Å². The molecule has 3 amide bonds. The van der Waals surface area contributed by atoms with E-state index in [1.165, 1.54) is 0 Å². The summed E-state index contributed by atoms with van der Waals surface area (Å²) in [6.45, 7) is 0. The van der Waals surface area contributed by atoms with E-state index in [1.807, 2.05) is 12.2 Å². The lowest BCUT2D eigenvalue weighted by Crippen LogP contribution is -2.47. The fourth-order valence-electron chi connectivity index (χ4n) is 3.78. The van der Waals surface area contributed by atoms with Crippen LogP contribution in [0, 0.1) is 23.7 Å². The molecule has 0 spiro atoms. The Bertz CT molecular complexity index is 683. The first-order valence-corrected chi connectivity index (χ1v) is 7.57. The molecule has 4 rings (SSSR count). The van der Waals surface area contributed by atoms with Gasteiger partial charge in [-0.1, -0.05) is 23.8 Å². The number of allylic oxidation sites excluding steroid dienone is 2. The number of fused-ring (bicyclic) bond motifs is 5. The number of rotatable bonds is 2. The second kappa shape index (κ2) is 4.68. The van der Waals surface area contributed by atoms with Crippen molar-refractivity contribution in [2.45, 2.75) is 6.42 Å². The van der Waals surface area contributed by atoms with E-state index in [4.69, 9.17) is 11.6 Å². The molecule has 2 fully saturated rings. The maximum Gasteiger partial charge on any atom is 0.270 e. The summed E-state index contributed by atoms with van der Waals surface area (Å²) in [5.74, 6) is -1.45. The number of nitrogens with zero attached hydrogens (tertiary/aromatic N) is 1. The largest absolute Gasteiger partial charge is 0.272 e. The third-order valence-corrected chi connectivity index (χ3v) is 5.04. The molecular weight excluding hydrogens is 304 g/mol. The quantitative estimate of drug-likeness (QED) is 0.668. The highest BCUT2D eigenvalue weighted by Crippen LogP contribution is 2.52. The molecule has 1 aliphatic heterocycles. The van der Waals surface area contributed by atoms with Gasteiger partial charge in [-0.05, 0) is 42.5 Å². The van der Waals surface area contributed by atoms with Crippen molar-refractivity contribution in [2.75, 3.05) is 0 Å². The van der Waals surface area contributed by atoms with Gasteiger partial charge in [0.05, 0.1) is 11.8 Å². The fraction of sp³-hybridized carbons (Fsp3) is 0.312. The molecule has 112 valence electrons. The fourth-order valence-corrected chi connectivity index (χ4v) is 3.91. The van der Waals surface area contributed by atoms with E-state index in [0.29, 0.717) is 10.6 Å². The lowest BCUT2D eigenvalue weighted by Gasteiger charge is -2.17. The average molecular weight is 317 g/mol. The zero-order chi connectivity index (χ0) is 15.4. The monoisotopic (exact) mass is 316 g/mol. The van der Waals surface area contributed by atoms with Gasteiger partial charge in [0.15, 0.2) is 0 Å². The van der Waals surface area contributed by atoms with Gasteiger partial charge < -0.3 is 0 Å². The summed E-state index contributed by atoms with van der Waals surface area (Å²) in [5.41, 5.74) is 2.79. The third kappa shape index (κ3) is 1.82. The van der Waals surface area contributed by atoms with Crippen LogP contribution in [0.1, 0.15) is 16.8 Å². The van der Waals surface area contributed by atoms with E-state index in [-0.39, 0.29) is 35.5 Å². The number of hydrogen-bond acceptors (Lipinski definition) is 3. The zero-order valence-electron chi connectivity index (χ0n) is 11.5. The van der Waals surface area contributed by atoms with Gasteiger partial charge in [0.2, 0.25) is 0 Å². The molecule has 1 aromatic rings. The third-order valence-electron chi connectivity index (χ3n) is 4.79. The molecular formula is C16H13ClN2O3. The van der Waals surface area contributed by atoms with Crippen molar-refractivity contribution >= 4 is 29.3 Å². The molecule has 1 saturated carbocycles. The number of amides is 3. The summed E-state index contributed by atoms with van der Waals surface area (Å²) >= 11 is 5.78. The zero-order valence-corrected chi connectivity index (χ0v) is 12.3. The van der Waals surface area contributed by atoms with Crippen LogP contribution in [0.5, 0.6) is 0 Å². The number of carbonyl (C=O) groups excluding carboxylic acids is 3. The first kappa shape index (κ1) is 13.5. The number of halogens is 1. The lowest BCUT2D eigenvalue weighted by atomic mass is 9.85. The van der Waals surface area contributed by atoms with Crippen LogP contribution in [0.3, 0.4) is 0 Å². The van der Waals surface area contributed by atoms with Crippen LogP contribution in [-0.2, 0) is 9.59 Å². The van der Waals surface area contributed by atoms with Crippen molar-refractivity contribution in [3.8, 4) is 0 Å². The molecule has 1 N–H and O–H groups in total. The molecule has 1 aromatic carbocycles. The summed E-state index contributed by atoms with van der Waals surface area (Å²) in [6, 6.07) is 6.27. The van der Waals surface area contributed by atoms with Crippen molar-refractivity contribution in [1.82, 2.24) is 10.4 Å². The Morgan fingerprint density at radius 3 is 2.14 bits per heavy atom. The molecule has 0 unspecified atom stereocenters. The van der Waals surface area contributed by atoms with Crippen LogP contribution >= 0.6 is 11.6 Å². The standard InChI is InChI=1S/C16H13ClN2O3/c17-11-5-3-8(4-6-11)14(20)18-19-15(21)12-9-1-2-10(7-9)13(12)16(19)22/h1-6,9-10,12-13H,7H2,(H,18,20)/t9-,10-,12-,13-/m0/s1. The summed E-state index contributed by atoms with van der Waals surface area (Å²) < 4.78 is 0. The van der Waals surface area contributed by atoms with E-state index < -0.39 is 5.91 Å². The molecule has 5 nitrogen and oxygen atoms in total. The molecule has 0 aromatic heterocycles. The van der Waals surface area contributed by atoms with Gasteiger partial charge in [-0.15, -0.1) is 0 Å². The minimum atomic E-state index is -0.487. The Labute approximate surface area is 131 Å². The summed E-state index contributed by atoms with van der Waals surface area (Å²) in [6.07, 6.45) is 4.90. The van der Waals surface area contributed by atoms with Crippen LogP contribution in [0.4, 0.5) is 0 Å². The number of imide groups is 1. The first-order valence-electron chi connectivity index (χ1n) is 7.19. The highest BCUT2D eigenvalue weighted by Gasteiger charge is 2.59. The Hall–Kier alpha value is -2.14. The summed E-state index contributed by atoms with van der Waals surface area (Å²) in [4.78, 5) is 37.1. The Morgan fingerprint density at radius 1 is 1.05 bits per heavy atom. The van der Waals surface area contributed by atoms with Gasteiger partial charge in [-0.25, -0.2) is 0 Å².